The molecule has 1 aromatic carbocycles. The summed E-state index contributed by atoms with van der Waals surface area (Å²) in [5.41, 5.74) is 7.55. The molecule has 202 valence electrons. The van der Waals surface area contributed by atoms with Crippen molar-refractivity contribution in [2.45, 2.75) is 71.1 Å². The Balaban J connectivity index is 2.20. The first-order valence-corrected chi connectivity index (χ1v) is 12.4. The van der Waals surface area contributed by atoms with Gasteiger partial charge in [0.2, 0.25) is 17.7 Å². The van der Waals surface area contributed by atoms with Gasteiger partial charge in [-0.1, -0.05) is 58.0 Å². The third-order valence-electron chi connectivity index (χ3n) is 5.82. The molecule has 0 aliphatic heterocycles. The van der Waals surface area contributed by atoms with Crippen LogP contribution in [0.5, 0.6) is 0 Å². The van der Waals surface area contributed by atoms with Crippen molar-refractivity contribution in [1.82, 2.24) is 25.9 Å². The number of carboxylic acids is 1. The lowest BCUT2D eigenvalue weighted by atomic mass is 9.99. The summed E-state index contributed by atoms with van der Waals surface area (Å²) < 4.78 is 0. The normalized spacial score (nSPS) is 14.5. The fourth-order valence-electron chi connectivity index (χ4n) is 3.81. The van der Waals surface area contributed by atoms with Gasteiger partial charge in [-0.05, 0) is 23.8 Å². The highest BCUT2D eigenvalue weighted by Gasteiger charge is 2.31. The van der Waals surface area contributed by atoms with E-state index in [9.17, 15) is 24.3 Å². The number of imidazole rings is 1. The molecule has 4 atom stereocenters. The summed E-state index contributed by atoms with van der Waals surface area (Å²) in [5, 5.41) is 17.4. The van der Waals surface area contributed by atoms with E-state index >= 15 is 0 Å². The van der Waals surface area contributed by atoms with Crippen LogP contribution in [-0.2, 0) is 32.0 Å². The Hall–Kier alpha value is -3.73. The lowest BCUT2D eigenvalue weighted by Crippen LogP contribution is -2.58. The smallest absolute Gasteiger partial charge is 0.326 e. The van der Waals surface area contributed by atoms with Gasteiger partial charge in [0, 0.05) is 24.7 Å². The van der Waals surface area contributed by atoms with Crippen LogP contribution in [0.3, 0.4) is 0 Å². The van der Waals surface area contributed by atoms with Crippen molar-refractivity contribution in [2.75, 3.05) is 0 Å². The zero-order valence-electron chi connectivity index (χ0n) is 21.7. The predicted molar refractivity (Wildman–Crippen MR) is 138 cm³/mol. The first-order chi connectivity index (χ1) is 17.5. The number of benzene rings is 1. The number of nitrogens with two attached hydrogens (primary N) is 1. The van der Waals surface area contributed by atoms with Crippen molar-refractivity contribution in [2.24, 2.45) is 17.6 Å². The van der Waals surface area contributed by atoms with Crippen molar-refractivity contribution in [3.63, 3.8) is 0 Å². The highest BCUT2D eigenvalue weighted by atomic mass is 16.4. The van der Waals surface area contributed by atoms with Gasteiger partial charge >= 0.3 is 5.97 Å². The molecule has 0 aliphatic carbocycles. The number of amides is 3. The fourth-order valence-corrected chi connectivity index (χ4v) is 3.81. The van der Waals surface area contributed by atoms with Gasteiger partial charge < -0.3 is 31.8 Å². The van der Waals surface area contributed by atoms with Crippen LogP contribution in [-0.4, -0.2) is 62.9 Å². The highest BCUT2D eigenvalue weighted by molar-refractivity contribution is 5.94. The number of aromatic nitrogens is 2. The average molecular weight is 515 g/mol. The van der Waals surface area contributed by atoms with Crippen molar-refractivity contribution in [3.8, 4) is 0 Å². The molecule has 1 heterocycles. The molecule has 0 bridgehead atoms. The Bertz CT molecular complexity index is 1030. The van der Waals surface area contributed by atoms with E-state index in [1.54, 1.807) is 20.0 Å². The summed E-state index contributed by atoms with van der Waals surface area (Å²) in [6.07, 6.45) is 3.72. The van der Waals surface area contributed by atoms with E-state index in [2.05, 4.69) is 25.9 Å². The summed E-state index contributed by atoms with van der Waals surface area (Å²) in [4.78, 5) is 57.7. The molecule has 0 fully saturated rings. The molecule has 11 heteroatoms. The van der Waals surface area contributed by atoms with Crippen molar-refractivity contribution < 1.29 is 24.3 Å². The third kappa shape index (κ3) is 9.68. The Morgan fingerprint density at radius 3 is 2.08 bits per heavy atom. The number of carboxylic acid groups (broad SMARTS) is 1. The molecule has 0 aliphatic rings. The van der Waals surface area contributed by atoms with Crippen molar-refractivity contribution >= 4 is 23.7 Å². The first-order valence-electron chi connectivity index (χ1n) is 12.4. The summed E-state index contributed by atoms with van der Waals surface area (Å²) >= 11 is 0. The molecule has 0 saturated heterocycles. The van der Waals surface area contributed by atoms with Gasteiger partial charge in [-0.2, -0.15) is 0 Å². The first kappa shape index (κ1) is 29.5. The maximum atomic E-state index is 13.4. The van der Waals surface area contributed by atoms with Gasteiger partial charge in [0.1, 0.15) is 18.1 Å². The van der Waals surface area contributed by atoms with Gasteiger partial charge in [-0.3, -0.25) is 14.4 Å². The number of H-pyrrole nitrogens is 1. The minimum atomic E-state index is -1.15. The molecule has 2 rings (SSSR count). The number of rotatable bonds is 14. The van der Waals surface area contributed by atoms with Crippen LogP contribution < -0.4 is 21.7 Å². The van der Waals surface area contributed by atoms with Gasteiger partial charge in [-0.15, -0.1) is 0 Å². The van der Waals surface area contributed by atoms with Crippen LogP contribution in [0.4, 0.5) is 0 Å². The van der Waals surface area contributed by atoms with Gasteiger partial charge in [0.05, 0.1) is 12.4 Å². The second-order valence-electron chi connectivity index (χ2n) is 9.90. The molecule has 2 aromatic rings. The fraction of sp³-hybridized carbons (Fsp3) is 0.500. The van der Waals surface area contributed by atoms with E-state index in [-0.39, 0.29) is 31.1 Å². The summed E-state index contributed by atoms with van der Waals surface area (Å²) in [7, 11) is 0. The zero-order chi connectivity index (χ0) is 27.5. The van der Waals surface area contributed by atoms with E-state index in [4.69, 9.17) is 5.73 Å². The number of hydrogen-bond donors (Lipinski definition) is 6. The van der Waals surface area contributed by atoms with Crippen LogP contribution in [0.15, 0.2) is 42.9 Å². The van der Waals surface area contributed by atoms with E-state index < -0.39 is 47.9 Å². The van der Waals surface area contributed by atoms with Crippen LogP contribution in [0.1, 0.15) is 45.4 Å². The van der Waals surface area contributed by atoms with Gasteiger partial charge in [0.25, 0.3) is 0 Å². The molecule has 4 unspecified atom stereocenters. The number of hydrogen-bond acceptors (Lipinski definition) is 6. The standard InChI is InChI=1S/C26H38N6O5/c1-15(2)10-20(25(35)32-22(16(3)4)26(36)37)31-24(34)21(11-17-8-6-5-7-9-17)30-23(33)19(27)12-18-13-28-14-29-18/h5-9,13-16,19-22H,10-12,27H2,1-4H3,(H,28,29)(H,30,33)(H,31,34)(H,32,35)(H,36,37). The van der Waals surface area contributed by atoms with Gasteiger partial charge in [-0.25, -0.2) is 9.78 Å². The van der Waals surface area contributed by atoms with Crippen LogP contribution >= 0.6 is 0 Å². The lowest BCUT2D eigenvalue weighted by Gasteiger charge is -2.27. The van der Waals surface area contributed by atoms with Crippen LogP contribution in [0.25, 0.3) is 0 Å². The Morgan fingerprint density at radius 1 is 0.919 bits per heavy atom. The number of nitrogens with one attached hydrogen (secondary N) is 4. The summed E-state index contributed by atoms with van der Waals surface area (Å²) in [6, 6.07) is 5.13. The molecule has 3 amide bonds. The SMILES string of the molecule is CC(C)CC(NC(=O)C(Cc1ccccc1)NC(=O)C(N)Cc1cnc[nH]1)C(=O)NC(C(=O)O)C(C)C. The molecule has 7 N–H and O–H groups in total. The number of carbonyl (C=O) groups is 4. The molecule has 37 heavy (non-hydrogen) atoms. The zero-order valence-corrected chi connectivity index (χ0v) is 21.7. The topological polar surface area (TPSA) is 179 Å². The van der Waals surface area contributed by atoms with Crippen LogP contribution in [0.2, 0.25) is 0 Å². The van der Waals surface area contributed by atoms with Crippen LogP contribution in [0, 0.1) is 11.8 Å². The maximum absolute atomic E-state index is 13.4. The van der Waals surface area contributed by atoms with Crippen molar-refractivity contribution in [3.05, 3.63) is 54.1 Å². The van der Waals surface area contributed by atoms with E-state index in [1.807, 2.05) is 44.2 Å². The summed E-state index contributed by atoms with van der Waals surface area (Å²) in [6.45, 7) is 7.16. The Kier molecular flexibility index (Phi) is 11.3. The number of aromatic amines is 1. The minimum Gasteiger partial charge on any atom is -0.480 e. The maximum Gasteiger partial charge on any atom is 0.326 e. The second-order valence-corrected chi connectivity index (χ2v) is 9.90. The van der Waals surface area contributed by atoms with E-state index in [1.165, 1.54) is 6.33 Å². The monoisotopic (exact) mass is 514 g/mol. The van der Waals surface area contributed by atoms with E-state index in [0.717, 1.165) is 5.56 Å². The quantitative estimate of drug-likeness (QED) is 0.215. The average Bonchev–Trinajstić information content (AvgIpc) is 3.34. The van der Waals surface area contributed by atoms with Gasteiger partial charge in [0.15, 0.2) is 0 Å². The number of nitrogens with zero attached hydrogens (tertiary/aromatic N) is 1. The molecular formula is C26H38N6O5. The minimum absolute atomic E-state index is 0.0309. The highest BCUT2D eigenvalue weighted by Crippen LogP contribution is 2.10. The molecule has 11 nitrogen and oxygen atoms in total. The molecule has 0 radical (unpaired) electrons. The lowest BCUT2D eigenvalue weighted by molar-refractivity contribution is -0.143. The number of carbonyl (C=O) groups excluding carboxylic acids is 3. The Labute approximate surface area is 217 Å². The number of aliphatic carboxylic acids is 1. The largest absolute Gasteiger partial charge is 0.480 e. The molecular weight excluding hydrogens is 476 g/mol. The molecule has 0 saturated carbocycles. The van der Waals surface area contributed by atoms with E-state index in [0.29, 0.717) is 5.69 Å². The summed E-state index contributed by atoms with van der Waals surface area (Å²) in [5.74, 6) is -3.16. The van der Waals surface area contributed by atoms with Crippen molar-refractivity contribution in [1.29, 1.82) is 0 Å². The Morgan fingerprint density at radius 2 is 1.54 bits per heavy atom. The second kappa shape index (κ2) is 14.1. The third-order valence-corrected chi connectivity index (χ3v) is 5.82. The molecule has 1 aromatic heterocycles. The predicted octanol–water partition coefficient (Wildman–Crippen LogP) is 0.763. The molecule has 0 spiro atoms.